The molecule has 4 heterocycles. The molecule has 2 aliphatic heterocycles. The number of hydrogen-bond donors (Lipinski definition) is 0. The van der Waals surface area contributed by atoms with Gasteiger partial charge in [0.25, 0.3) is 0 Å². The Hall–Kier alpha value is -1.59. The first-order valence-electron chi connectivity index (χ1n) is 9.16. The van der Waals surface area contributed by atoms with Crippen LogP contribution >= 0.6 is 0 Å². The van der Waals surface area contributed by atoms with E-state index < -0.39 is 0 Å². The first-order chi connectivity index (χ1) is 11.5. The lowest BCUT2D eigenvalue weighted by molar-refractivity contribution is 0.173. The van der Waals surface area contributed by atoms with Crippen molar-refractivity contribution < 1.29 is 0 Å². The van der Waals surface area contributed by atoms with Crippen molar-refractivity contribution in [1.29, 1.82) is 0 Å². The van der Waals surface area contributed by atoms with Gasteiger partial charge in [-0.05, 0) is 39.8 Å². The third-order valence-corrected chi connectivity index (χ3v) is 5.15. The van der Waals surface area contributed by atoms with Crippen molar-refractivity contribution in [2.75, 3.05) is 13.1 Å². The number of imidazole rings is 1. The monoisotopic (exact) mass is 329 g/mol. The number of hydrogen-bond acceptors (Lipinski definition) is 3. The SMILES string of the molecule is CC(C)N1CCn2cccc2C1.CC(C)N1CCn2ccnc2C1. The topological polar surface area (TPSA) is 29.2 Å². The summed E-state index contributed by atoms with van der Waals surface area (Å²) in [4.78, 5) is 9.27. The Labute approximate surface area is 145 Å². The summed E-state index contributed by atoms with van der Waals surface area (Å²) in [6, 6.07) is 5.66. The molecule has 5 nitrogen and oxygen atoms in total. The molecule has 0 spiro atoms. The van der Waals surface area contributed by atoms with Crippen molar-refractivity contribution in [2.24, 2.45) is 0 Å². The van der Waals surface area contributed by atoms with Gasteiger partial charge in [-0.25, -0.2) is 4.98 Å². The van der Waals surface area contributed by atoms with Gasteiger partial charge in [-0.3, -0.25) is 9.80 Å². The van der Waals surface area contributed by atoms with E-state index in [-0.39, 0.29) is 0 Å². The molecule has 0 fully saturated rings. The van der Waals surface area contributed by atoms with Gasteiger partial charge in [0.2, 0.25) is 0 Å². The van der Waals surface area contributed by atoms with E-state index in [4.69, 9.17) is 0 Å². The lowest BCUT2D eigenvalue weighted by Crippen LogP contribution is -2.38. The molecule has 0 bridgehead atoms. The maximum atomic E-state index is 4.31. The van der Waals surface area contributed by atoms with Crippen LogP contribution < -0.4 is 0 Å². The molecule has 4 rings (SSSR count). The highest BCUT2D eigenvalue weighted by Crippen LogP contribution is 2.14. The average molecular weight is 329 g/mol. The molecular formula is C19H31N5. The van der Waals surface area contributed by atoms with Gasteiger partial charge < -0.3 is 9.13 Å². The third-order valence-electron chi connectivity index (χ3n) is 5.15. The summed E-state index contributed by atoms with van der Waals surface area (Å²) < 4.78 is 4.58. The molecule has 24 heavy (non-hydrogen) atoms. The molecule has 0 aromatic carbocycles. The van der Waals surface area contributed by atoms with Crippen LogP contribution in [-0.2, 0) is 26.2 Å². The average Bonchev–Trinajstić information content (AvgIpc) is 3.22. The van der Waals surface area contributed by atoms with Crippen molar-refractivity contribution in [3.8, 4) is 0 Å². The Kier molecular flexibility index (Phi) is 5.41. The van der Waals surface area contributed by atoms with Gasteiger partial charge in [0.1, 0.15) is 5.82 Å². The number of nitrogens with zero attached hydrogens (tertiary/aromatic N) is 5. The molecule has 0 saturated heterocycles. The van der Waals surface area contributed by atoms with Gasteiger partial charge in [-0.1, -0.05) is 0 Å². The molecule has 0 atom stereocenters. The predicted octanol–water partition coefficient (Wildman–Crippen LogP) is 2.82. The summed E-state index contributed by atoms with van der Waals surface area (Å²) >= 11 is 0. The molecule has 2 aromatic rings. The van der Waals surface area contributed by atoms with E-state index in [0.717, 1.165) is 32.7 Å². The zero-order chi connectivity index (χ0) is 17.1. The Balaban J connectivity index is 0.000000141. The first kappa shape index (κ1) is 17.2. The minimum Gasteiger partial charge on any atom is -0.349 e. The lowest BCUT2D eigenvalue weighted by atomic mass is 10.2. The summed E-state index contributed by atoms with van der Waals surface area (Å²) in [7, 11) is 0. The van der Waals surface area contributed by atoms with Crippen molar-refractivity contribution in [3.63, 3.8) is 0 Å². The van der Waals surface area contributed by atoms with Gasteiger partial charge in [-0.15, -0.1) is 0 Å². The van der Waals surface area contributed by atoms with Crippen molar-refractivity contribution in [1.82, 2.24) is 23.9 Å². The normalized spacial score (nSPS) is 18.2. The van der Waals surface area contributed by atoms with Gasteiger partial charge in [0.15, 0.2) is 0 Å². The second kappa shape index (κ2) is 7.53. The number of rotatable bonds is 2. The van der Waals surface area contributed by atoms with Gasteiger partial charge in [-0.2, -0.15) is 0 Å². The van der Waals surface area contributed by atoms with Crippen molar-refractivity contribution >= 4 is 0 Å². The molecule has 2 aliphatic rings. The molecule has 0 N–H and O–H groups in total. The van der Waals surface area contributed by atoms with Crippen LogP contribution in [0.25, 0.3) is 0 Å². The molecule has 2 aromatic heterocycles. The third kappa shape index (κ3) is 3.90. The van der Waals surface area contributed by atoms with E-state index in [0.29, 0.717) is 12.1 Å². The number of fused-ring (bicyclic) bond motifs is 2. The van der Waals surface area contributed by atoms with E-state index in [2.05, 4.69) is 76.1 Å². The van der Waals surface area contributed by atoms with Crippen LogP contribution in [0.2, 0.25) is 0 Å². The Bertz CT molecular complexity index is 583. The number of aromatic nitrogens is 3. The Morgan fingerprint density at radius 1 is 0.833 bits per heavy atom. The van der Waals surface area contributed by atoms with Crippen molar-refractivity contribution in [3.05, 3.63) is 42.2 Å². The van der Waals surface area contributed by atoms with E-state index in [1.54, 1.807) is 0 Å². The lowest BCUT2D eigenvalue weighted by Gasteiger charge is -2.31. The largest absolute Gasteiger partial charge is 0.349 e. The fraction of sp³-hybridized carbons (Fsp3) is 0.632. The smallest absolute Gasteiger partial charge is 0.122 e. The second-order valence-electron chi connectivity index (χ2n) is 7.36. The van der Waals surface area contributed by atoms with Gasteiger partial charge >= 0.3 is 0 Å². The van der Waals surface area contributed by atoms with E-state index in [1.165, 1.54) is 18.1 Å². The minimum atomic E-state index is 0.635. The van der Waals surface area contributed by atoms with Crippen LogP contribution in [0.5, 0.6) is 0 Å². The summed E-state index contributed by atoms with van der Waals surface area (Å²) in [5.41, 5.74) is 1.45. The van der Waals surface area contributed by atoms with E-state index in [1.807, 2.05) is 6.20 Å². The van der Waals surface area contributed by atoms with Gasteiger partial charge in [0.05, 0.1) is 6.54 Å². The van der Waals surface area contributed by atoms with Crippen LogP contribution in [0, 0.1) is 0 Å². The molecule has 0 aliphatic carbocycles. The molecule has 0 saturated carbocycles. The summed E-state index contributed by atoms with van der Waals surface area (Å²) in [5.74, 6) is 1.20. The Morgan fingerprint density at radius 2 is 1.50 bits per heavy atom. The maximum Gasteiger partial charge on any atom is 0.122 e. The molecular weight excluding hydrogens is 298 g/mol. The first-order valence-corrected chi connectivity index (χ1v) is 9.16. The molecule has 5 heteroatoms. The molecule has 132 valence electrons. The van der Waals surface area contributed by atoms with Crippen molar-refractivity contribution in [2.45, 2.75) is 66.0 Å². The highest BCUT2D eigenvalue weighted by atomic mass is 15.2. The van der Waals surface area contributed by atoms with Gasteiger partial charge in [0, 0.05) is 69.1 Å². The second-order valence-corrected chi connectivity index (χ2v) is 7.36. The molecule has 0 amide bonds. The quantitative estimate of drug-likeness (QED) is 0.848. The highest BCUT2D eigenvalue weighted by molar-refractivity contribution is 5.09. The fourth-order valence-electron chi connectivity index (χ4n) is 3.41. The van der Waals surface area contributed by atoms with E-state index >= 15 is 0 Å². The van der Waals surface area contributed by atoms with Crippen LogP contribution in [-0.4, -0.2) is 49.1 Å². The van der Waals surface area contributed by atoms with Crippen LogP contribution in [0.4, 0.5) is 0 Å². The minimum absolute atomic E-state index is 0.635. The van der Waals surface area contributed by atoms with Crippen LogP contribution in [0.3, 0.4) is 0 Å². The Morgan fingerprint density at radius 3 is 2.21 bits per heavy atom. The zero-order valence-electron chi connectivity index (χ0n) is 15.5. The van der Waals surface area contributed by atoms with Crippen LogP contribution in [0.1, 0.15) is 39.2 Å². The molecule has 0 unspecified atom stereocenters. The predicted molar refractivity (Wildman–Crippen MR) is 97.8 cm³/mol. The maximum absolute atomic E-state index is 4.31. The van der Waals surface area contributed by atoms with Crippen LogP contribution in [0.15, 0.2) is 30.7 Å². The summed E-state index contributed by atoms with van der Waals surface area (Å²) in [6.45, 7) is 15.7. The van der Waals surface area contributed by atoms with E-state index in [9.17, 15) is 0 Å². The summed E-state index contributed by atoms with van der Waals surface area (Å²) in [6.07, 6.45) is 6.12. The fourth-order valence-corrected chi connectivity index (χ4v) is 3.41. The standard InChI is InChI=1S/C10H16N2.C9H15N3/c1-9(2)12-7-6-11-5-3-4-10(11)8-12;1-8(2)12-6-5-11-4-3-10-9(11)7-12/h3-5,9H,6-8H2,1-2H3;3-4,8H,5-7H2,1-2H3. The zero-order valence-corrected chi connectivity index (χ0v) is 15.5. The molecule has 0 radical (unpaired) electrons. The summed E-state index contributed by atoms with van der Waals surface area (Å²) in [5, 5.41) is 0. The highest BCUT2D eigenvalue weighted by Gasteiger charge is 2.18.